The first kappa shape index (κ1) is 21.5. The summed E-state index contributed by atoms with van der Waals surface area (Å²) >= 11 is 0. The lowest BCUT2D eigenvalue weighted by Crippen LogP contribution is -2.44. The van der Waals surface area contributed by atoms with E-state index in [0.29, 0.717) is 11.4 Å². The molecule has 29 heavy (non-hydrogen) atoms. The van der Waals surface area contributed by atoms with Crippen molar-refractivity contribution in [2.45, 2.75) is 20.8 Å². The maximum Gasteiger partial charge on any atom is 0.764 e. The predicted octanol–water partition coefficient (Wildman–Crippen LogP) is 3.29. The van der Waals surface area contributed by atoms with E-state index in [-0.39, 0.29) is 5.84 Å². The van der Waals surface area contributed by atoms with Crippen LogP contribution < -0.4 is 4.92 Å². The van der Waals surface area contributed by atoms with E-state index in [2.05, 4.69) is 15.3 Å². The number of hydrogen-bond donors (Lipinski definition) is 0. The Kier molecular flexibility index (Phi) is 7.78. The molecule has 0 aliphatic rings. The summed E-state index contributed by atoms with van der Waals surface area (Å²) in [7, 11) is -1.53. The quantitative estimate of drug-likeness (QED) is 0.234. The van der Waals surface area contributed by atoms with Crippen LogP contribution in [0.25, 0.3) is 0 Å². The van der Waals surface area contributed by atoms with Gasteiger partial charge in [-0.1, -0.05) is 36.4 Å². The van der Waals surface area contributed by atoms with Gasteiger partial charge in [0, 0.05) is 20.8 Å². The molecule has 0 amide bonds. The van der Waals surface area contributed by atoms with Crippen molar-refractivity contribution in [1.29, 1.82) is 0 Å². The monoisotopic (exact) mass is 394 g/mol. The summed E-state index contributed by atoms with van der Waals surface area (Å²) in [5.41, 5.74) is 0.915. The molecule has 2 rings (SSSR count). The second kappa shape index (κ2) is 10.5. The minimum absolute atomic E-state index is 0.276. The summed E-state index contributed by atoms with van der Waals surface area (Å²) < 4.78 is 10.1. The first-order valence-corrected chi connectivity index (χ1v) is 8.62. The van der Waals surface area contributed by atoms with E-state index in [0.717, 1.165) is 18.8 Å². The van der Waals surface area contributed by atoms with E-state index in [1.807, 2.05) is 6.07 Å². The van der Waals surface area contributed by atoms with Crippen LogP contribution in [0.1, 0.15) is 20.8 Å². The standard InChI is InChI=1S/C19H19BN4O5/c1-14(25)19(22-21-17-10-6-4-7-11-17)23-24(18-12-8-5-9-13-18)20(28-15(2)26)29-16(3)27/h4-13H,1-3H3/b22-21?,23-19+. The first-order valence-electron chi connectivity index (χ1n) is 8.62. The van der Waals surface area contributed by atoms with E-state index < -0.39 is 25.0 Å². The number of ketones is 1. The molecule has 0 saturated heterocycles. The molecular formula is C19H19BN4O5. The summed E-state index contributed by atoms with van der Waals surface area (Å²) in [6.45, 7) is 3.58. The largest absolute Gasteiger partial charge is 0.764 e. The number of nitrogens with zero attached hydrogens (tertiary/aromatic N) is 4. The average molecular weight is 394 g/mol. The molecule has 148 valence electrons. The van der Waals surface area contributed by atoms with Crippen LogP contribution in [0.5, 0.6) is 0 Å². The highest BCUT2D eigenvalue weighted by atomic mass is 16.7. The lowest BCUT2D eigenvalue weighted by Gasteiger charge is -2.23. The Labute approximate surface area is 168 Å². The second-order valence-electron chi connectivity index (χ2n) is 5.72. The van der Waals surface area contributed by atoms with Gasteiger partial charge < -0.3 is 9.31 Å². The van der Waals surface area contributed by atoms with Gasteiger partial charge in [-0.25, -0.2) is 4.92 Å². The highest BCUT2D eigenvalue weighted by Crippen LogP contribution is 2.18. The molecule has 0 fully saturated rings. The molecule has 2 aromatic carbocycles. The number of rotatable bonds is 7. The normalized spacial score (nSPS) is 11.1. The van der Waals surface area contributed by atoms with Crippen LogP contribution in [0.2, 0.25) is 0 Å². The fraction of sp³-hybridized carbons (Fsp3) is 0.158. The zero-order valence-corrected chi connectivity index (χ0v) is 16.2. The highest BCUT2D eigenvalue weighted by molar-refractivity contribution is 6.54. The van der Waals surface area contributed by atoms with Crippen molar-refractivity contribution in [3.05, 3.63) is 60.7 Å². The summed E-state index contributed by atoms with van der Waals surface area (Å²) in [4.78, 5) is 36.2. The Morgan fingerprint density at radius 1 is 0.828 bits per heavy atom. The van der Waals surface area contributed by atoms with Crippen molar-refractivity contribution in [1.82, 2.24) is 0 Å². The number of azo groups is 1. The average Bonchev–Trinajstić information content (AvgIpc) is 2.68. The maximum atomic E-state index is 12.1. The molecule has 0 unspecified atom stereocenters. The summed E-state index contributed by atoms with van der Waals surface area (Å²) in [6, 6.07) is 17.2. The van der Waals surface area contributed by atoms with Crippen molar-refractivity contribution in [3.63, 3.8) is 0 Å². The molecule has 0 radical (unpaired) electrons. The smallest absolute Gasteiger partial charge is 0.479 e. The molecular weight excluding hydrogens is 375 g/mol. The molecule has 2 aromatic rings. The molecule has 0 bridgehead atoms. The number of carbonyl (C=O) groups is 3. The molecule has 0 heterocycles. The molecule has 0 spiro atoms. The van der Waals surface area contributed by atoms with Gasteiger partial charge in [0.2, 0.25) is 11.6 Å². The number of anilines is 1. The fourth-order valence-corrected chi connectivity index (χ4v) is 2.08. The van der Waals surface area contributed by atoms with Gasteiger partial charge in [-0.3, -0.25) is 14.4 Å². The van der Waals surface area contributed by atoms with Crippen molar-refractivity contribution in [2.24, 2.45) is 15.3 Å². The van der Waals surface area contributed by atoms with Crippen LogP contribution in [0, 0.1) is 0 Å². The van der Waals surface area contributed by atoms with Gasteiger partial charge >= 0.3 is 7.25 Å². The van der Waals surface area contributed by atoms with Gasteiger partial charge in [-0.2, -0.15) is 5.10 Å². The van der Waals surface area contributed by atoms with Crippen molar-refractivity contribution < 1.29 is 23.7 Å². The fourth-order valence-electron chi connectivity index (χ4n) is 2.08. The van der Waals surface area contributed by atoms with Crippen LogP contribution in [0.4, 0.5) is 11.4 Å². The SMILES string of the molecule is CC(=O)OB(OC(C)=O)N(/N=C(/N=Nc1ccccc1)C(C)=O)c1ccccc1. The number of carbonyl (C=O) groups excluding carboxylic acids is 3. The van der Waals surface area contributed by atoms with Crippen molar-refractivity contribution in [3.8, 4) is 0 Å². The van der Waals surface area contributed by atoms with Gasteiger partial charge in [0.1, 0.15) is 0 Å². The third kappa shape index (κ3) is 7.02. The molecule has 10 heteroatoms. The van der Waals surface area contributed by atoms with Crippen LogP contribution in [-0.4, -0.2) is 30.8 Å². The lowest BCUT2D eigenvalue weighted by molar-refractivity contribution is -0.137. The Morgan fingerprint density at radius 3 is 1.83 bits per heavy atom. The van der Waals surface area contributed by atoms with Crippen LogP contribution in [0.3, 0.4) is 0 Å². The molecule has 0 aliphatic carbocycles. The minimum atomic E-state index is -1.53. The topological polar surface area (TPSA) is 110 Å². The van der Waals surface area contributed by atoms with Crippen LogP contribution in [-0.2, 0) is 23.7 Å². The first-order chi connectivity index (χ1) is 13.9. The van der Waals surface area contributed by atoms with Gasteiger partial charge in [-0.15, -0.1) is 10.2 Å². The zero-order chi connectivity index (χ0) is 21.2. The summed E-state index contributed by atoms with van der Waals surface area (Å²) in [5, 5.41) is 12.0. The predicted molar refractivity (Wildman–Crippen MR) is 107 cm³/mol. The third-order valence-electron chi connectivity index (χ3n) is 3.29. The second-order valence-corrected chi connectivity index (χ2v) is 5.72. The zero-order valence-electron chi connectivity index (χ0n) is 16.2. The van der Waals surface area contributed by atoms with Crippen molar-refractivity contribution >= 4 is 42.2 Å². The number of hydrazone groups is 1. The Hall–Kier alpha value is -3.82. The lowest BCUT2D eigenvalue weighted by atomic mass is 10.1. The molecule has 0 aromatic heterocycles. The van der Waals surface area contributed by atoms with Crippen molar-refractivity contribution in [2.75, 3.05) is 4.92 Å². The summed E-state index contributed by atoms with van der Waals surface area (Å²) in [6.07, 6.45) is 0. The molecule has 0 atom stereocenters. The molecule has 0 saturated carbocycles. The van der Waals surface area contributed by atoms with E-state index in [1.54, 1.807) is 54.6 Å². The van der Waals surface area contributed by atoms with Gasteiger partial charge in [0.25, 0.3) is 11.9 Å². The number of hydrogen-bond acceptors (Lipinski definition) is 8. The number of amidine groups is 1. The maximum absolute atomic E-state index is 12.1. The molecule has 9 nitrogen and oxygen atoms in total. The van der Waals surface area contributed by atoms with E-state index in [4.69, 9.17) is 9.31 Å². The Balaban J connectivity index is 2.49. The molecule has 0 aliphatic heterocycles. The van der Waals surface area contributed by atoms with Gasteiger partial charge in [0.15, 0.2) is 0 Å². The van der Waals surface area contributed by atoms with Gasteiger partial charge in [0.05, 0.1) is 11.4 Å². The molecule has 0 N–H and O–H groups in total. The highest BCUT2D eigenvalue weighted by Gasteiger charge is 2.37. The summed E-state index contributed by atoms with van der Waals surface area (Å²) in [5.74, 6) is -2.18. The third-order valence-corrected chi connectivity index (χ3v) is 3.29. The van der Waals surface area contributed by atoms with Crippen LogP contribution in [0.15, 0.2) is 76.0 Å². The number of Topliss-reactive ketones (excluding diaryl/α,β-unsaturated/α-hetero) is 1. The Morgan fingerprint density at radius 2 is 1.34 bits per heavy atom. The van der Waals surface area contributed by atoms with E-state index in [9.17, 15) is 14.4 Å². The Bertz CT molecular complexity index is 903. The minimum Gasteiger partial charge on any atom is -0.479 e. The number of benzene rings is 2. The number of para-hydroxylation sites is 1. The van der Waals surface area contributed by atoms with Crippen LogP contribution >= 0.6 is 0 Å². The van der Waals surface area contributed by atoms with E-state index >= 15 is 0 Å². The van der Waals surface area contributed by atoms with E-state index in [1.165, 1.54) is 6.92 Å². The van der Waals surface area contributed by atoms with Gasteiger partial charge in [-0.05, 0) is 24.3 Å².